The first kappa shape index (κ1) is 16.2. The lowest BCUT2D eigenvalue weighted by Crippen LogP contribution is -2.37. The Morgan fingerprint density at radius 3 is 2.16 bits per heavy atom. The zero-order valence-corrected chi connectivity index (χ0v) is 13.1. The molecule has 0 spiro atoms. The van der Waals surface area contributed by atoms with E-state index in [2.05, 4.69) is 57.3 Å². The third-order valence-corrected chi connectivity index (χ3v) is 3.62. The Bertz CT molecular complexity index is 345. The molecule has 2 heteroatoms. The van der Waals surface area contributed by atoms with Gasteiger partial charge >= 0.3 is 0 Å². The van der Waals surface area contributed by atoms with Crippen LogP contribution in [0.2, 0.25) is 0 Å². The van der Waals surface area contributed by atoms with Crippen molar-refractivity contribution >= 4 is 0 Å². The molecule has 19 heavy (non-hydrogen) atoms. The van der Waals surface area contributed by atoms with Gasteiger partial charge in [0.2, 0.25) is 0 Å². The van der Waals surface area contributed by atoms with Gasteiger partial charge < -0.3 is 10.1 Å². The minimum Gasteiger partial charge on any atom is -0.379 e. The van der Waals surface area contributed by atoms with Crippen LogP contribution in [0.25, 0.3) is 0 Å². The minimum atomic E-state index is 0.207. The van der Waals surface area contributed by atoms with Gasteiger partial charge in [0.05, 0.1) is 12.1 Å². The molecule has 0 saturated heterocycles. The van der Waals surface area contributed by atoms with E-state index in [9.17, 15) is 0 Å². The number of hydrogen-bond donors (Lipinski definition) is 1. The molecule has 1 aromatic rings. The molecule has 0 aliphatic carbocycles. The van der Waals surface area contributed by atoms with Crippen molar-refractivity contribution in [1.82, 2.24) is 5.32 Å². The van der Waals surface area contributed by atoms with Crippen molar-refractivity contribution in [2.24, 2.45) is 5.92 Å². The lowest BCUT2D eigenvalue weighted by Gasteiger charge is -2.30. The summed E-state index contributed by atoms with van der Waals surface area (Å²) < 4.78 is 5.72. The molecule has 0 aliphatic heterocycles. The number of aryl methyl sites for hydroxylation is 1. The summed E-state index contributed by atoms with van der Waals surface area (Å²) in [7, 11) is 1.81. The van der Waals surface area contributed by atoms with Gasteiger partial charge in [-0.05, 0) is 36.4 Å². The molecule has 0 aromatic heterocycles. The van der Waals surface area contributed by atoms with Crippen LogP contribution in [0.1, 0.15) is 51.3 Å². The Morgan fingerprint density at radius 2 is 1.74 bits per heavy atom. The Labute approximate surface area is 118 Å². The van der Waals surface area contributed by atoms with Gasteiger partial charge in [0.15, 0.2) is 0 Å². The van der Waals surface area contributed by atoms with Gasteiger partial charge in [-0.25, -0.2) is 0 Å². The molecular formula is C17H29NO. The van der Waals surface area contributed by atoms with Crippen molar-refractivity contribution in [3.63, 3.8) is 0 Å². The second-order valence-corrected chi connectivity index (χ2v) is 5.47. The molecule has 1 N–H and O–H groups in total. The van der Waals surface area contributed by atoms with Gasteiger partial charge in [-0.15, -0.1) is 0 Å². The van der Waals surface area contributed by atoms with Crippen molar-refractivity contribution in [1.29, 1.82) is 0 Å². The van der Waals surface area contributed by atoms with Gasteiger partial charge in [-0.1, -0.05) is 52.0 Å². The molecule has 0 fully saturated rings. The Hall–Kier alpha value is -0.860. The maximum Gasteiger partial charge on any atom is 0.0788 e. The predicted octanol–water partition coefficient (Wildman–Crippen LogP) is 3.96. The van der Waals surface area contributed by atoms with Crippen LogP contribution in [0.15, 0.2) is 24.3 Å². The smallest absolute Gasteiger partial charge is 0.0788 e. The maximum atomic E-state index is 5.72. The fourth-order valence-corrected chi connectivity index (χ4v) is 2.48. The van der Waals surface area contributed by atoms with E-state index in [0.717, 1.165) is 19.4 Å². The average Bonchev–Trinajstić information content (AvgIpc) is 2.43. The fraction of sp³-hybridized carbons (Fsp3) is 0.647. The average molecular weight is 263 g/mol. The van der Waals surface area contributed by atoms with Crippen LogP contribution in [0.4, 0.5) is 0 Å². The van der Waals surface area contributed by atoms with E-state index >= 15 is 0 Å². The topological polar surface area (TPSA) is 21.3 Å². The number of benzene rings is 1. The largest absolute Gasteiger partial charge is 0.379 e. The van der Waals surface area contributed by atoms with Crippen LogP contribution in [-0.4, -0.2) is 19.8 Å². The third kappa shape index (κ3) is 4.63. The summed E-state index contributed by atoms with van der Waals surface area (Å²) in [6.07, 6.45) is 2.43. The van der Waals surface area contributed by atoms with E-state index in [1.807, 2.05) is 7.11 Å². The molecular weight excluding hydrogens is 234 g/mol. The number of methoxy groups -OCH3 is 1. The molecule has 1 aromatic carbocycles. The minimum absolute atomic E-state index is 0.207. The van der Waals surface area contributed by atoms with Crippen LogP contribution >= 0.6 is 0 Å². The highest BCUT2D eigenvalue weighted by Crippen LogP contribution is 2.25. The third-order valence-electron chi connectivity index (χ3n) is 3.62. The van der Waals surface area contributed by atoms with E-state index in [1.54, 1.807) is 0 Å². The van der Waals surface area contributed by atoms with E-state index in [4.69, 9.17) is 4.74 Å². The molecule has 0 aliphatic rings. The van der Waals surface area contributed by atoms with Crippen molar-refractivity contribution in [3.05, 3.63) is 35.4 Å². The Kier molecular flexibility index (Phi) is 7.11. The number of hydrogen-bond acceptors (Lipinski definition) is 2. The molecule has 0 saturated carbocycles. The number of nitrogens with one attached hydrogen (secondary N) is 1. The van der Waals surface area contributed by atoms with Gasteiger partial charge in [0.1, 0.15) is 0 Å². The molecule has 0 amide bonds. The molecule has 2 atom stereocenters. The van der Waals surface area contributed by atoms with E-state index in [1.165, 1.54) is 11.1 Å². The first-order valence-corrected chi connectivity index (χ1v) is 7.49. The first-order valence-electron chi connectivity index (χ1n) is 7.49. The molecule has 108 valence electrons. The summed E-state index contributed by atoms with van der Waals surface area (Å²) in [5, 5.41) is 3.63. The Morgan fingerprint density at radius 1 is 1.11 bits per heavy atom. The second-order valence-electron chi connectivity index (χ2n) is 5.47. The van der Waals surface area contributed by atoms with Crippen LogP contribution in [0.5, 0.6) is 0 Å². The number of ether oxygens (including phenoxy) is 1. The standard InChI is InChI=1S/C17H29NO/c1-6-12-18-16(17(19-5)13(3)4)15-10-8-14(7-2)9-11-15/h8-11,13,16-18H,6-7,12H2,1-5H3. The summed E-state index contributed by atoms with van der Waals surface area (Å²) in [5.74, 6) is 0.491. The van der Waals surface area contributed by atoms with Gasteiger partial charge in [0, 0.05) is 7.11 Å². The fourth-order valence-electron chi connectivity index (χ4n) is 2.48. The van der Waals surface area contributed by atoms with Crippen molar-refractivity contribution in [2.45, 2.75) is 52.7 Å². The molecule has 0 bridgehead atoms. The van der Waals surface area contributed by atoms with Gasteiger partial charge in [0.25, 0.3) is 0 Å². The Balaban J connectivity index is 2.93. The van der Waals surface area contributed by atoms with E-state index in [0.29, 0.717) is 5.92 Å². The highest BCUT2D eigenvalue weighted by molar-refractivity contribution is 5.26. The lowest BCUT2D eigenvalue weighted by atomic mass is 9.92. The quantitative estimate of drug-likeness (QED) is 0.766. The molecule has 2 unspecified atom stereocenters. The normalized spacial score (nSPS) is 14.6. The lowest BCUT2D eigenvalue weighted by molar-refractivity contribution is 0.0326. The summed E-state index contributed by atoms with van der Waals surface area (Å²) in [5.41, 5.74) is 2.71. The maximum absolute atomic E-state index is 5.72. The predicted molar refractivity (Wildman–Crippen MR) is 82.5 cm³/mol. The summed E-state index contributed by atoms with van der Waals surface area (Å²) in [6, 6.07) is 9.20. The molecule has 2 nitrogen and oxygen atoms in total. The van der Waals surface area contributed by atoms with Crippen LogP contribution < -0.4 is 5.32 Å². The zero-order valence-electron chi connectivity index (χ0n) is 13.1. The van der Waals surface area contributed by atoms with Crippen molar-refractivity contribution in [2.75, 3.05) is 13.7 Å². The second kappa shape index (κ2) is 8.34. The zero-order chi connectivity index (χ0) is 14.3. The molecule has 1 rings (SSSR count). The first-order chi connectivity index (χ1) is 9.13. The van der Waals surface area contributed by atoms with E-state index in [-0.39, 0.29) is 12.1 Å². The highest BCUT2D eigenvalue weighted by Gasteiger charge is 2.25. The van der Waals surface area contributed by atoms with Crippen LogP contribution in [-0.2, 0) is 11.2 Å². The van der Waals surface area contributed by atoms with Crippen LogP contribution in [0, 0.1) is 5.92 Å². The molecule has 0 radical (unpaired) electrons. The monoisotopic (exact) mass is 263 g/mol. The highest BCUT2D eigenvalue weighted by atomic mass is 16.5. The number of rotatable bonds is 8. The van der Waals surface area contributed by atoms with Gasteiger partial charge in [-0.2, -0.15) is 0 Å². The SMILES string of the molecule is CCCNC(c1ccc(CC)cc1)C(OC)C(C)C. The van der Waals surface area contributed by atoms with E-state index < -0.39 is 0 Å². The van der Waals surface area contributed by atoms with Gasteiger partial charge in [-0.3, -0.25) is 0 Å². The summed E-state index contributed by atoms with van der Waals surface area (Å²) in [6.45, 7) is 9.84. The summed E-state index contributed by atoms with van der Waals surface area (Å²) >= 11 is 0. The molecule has 0 heterocycles. The summed E-state index contributed by atoms with van der Waals surface area (Å²) in [4.78, 5) is 0. The van der Waals surface area contributed by atoms with Crippen molar-refractivity contribution in [3.8, 4) is 0 Å². The van der Waals surface area contributed by atoms with Crippen LogP contribution in [0.3, 0.4) is 0 Å². The van der Waals surface area contributed by atoms with Crippen molar-refractivity contribution < 1.29 is 4.74 Å².